The smallest absolute Gasteiger partial charge is 0.255 e. The van der Waals surface area contributed by atoms with Crippen molar-refractivity contribution >= 4 is 34.7 Å². The Bertz CT molecular complexity index is 1050. The zero-order chi connectivity index (χ0) is 19.7. The summed E-state index contributed by atoms with van der Waals surface area (Å²) < 4.78 is 5.72. The number of rotatable bonds is 5. The van der Waals surface area contributed by atoms with Crippen molar-refractivity contribution in [1.29, 1.82) is 0 Å². The molecule has 8 heteroatoms. The number of nitrogens with zero attached hydrogens (tertiary/aromatic N) is 1. The molecule has 1 aliphatic rings. The molecule has 1 amide bonds. The number of pyridine rings is 1. The first kappa shape index (κ1) is 18.2. The van der Waals surface area contributed by atoms with E-state index < -0.39 is 0 Å². The van der Waals surface area contributed by atoms with Crippen molar-refractivity contribution in [3.05, 3.63) is 52.8 Å². The van der Waals surface area contributed by atoms with Crippen LogP contribution >= 0.6 is 11.6 Å². The number of para-hydroxylation sites is 1. The maximum atomic E-state index is 12.6. The number of nitrogens with two attached hydrogens (primary N) is 1. The predicted octanol–water partition coefficient (Wildman–Crippen LogP) is 3.74. The van der Waals surface area contributed by atoms with Gasteiger partial charge in [-0.05, 0) is 31.2 Å². The van der Waals surface area contributed by atoms with Crippen LogP contribution in [0.1, 0.15) is 23.0 Å². The first-order chi connectivity index (χ1) is 13.6. The summed E-state index contributed by atoms with van der Waals surface area (Å²) in [5.41, 5.74) is 10.2. The fourth-order valence-corrected chi connectivity index (χ4v) is 3.59. The van der Waals surface area contributed by atoms with Gasteiger partial charge in [-0.15, -0.1) is 0 Å². The Hall–Kier alpha value is -3.19. The van der Waals surface area contributed by atoms with E-state index in [0.29, 0.717) is 53.1 Å². The quantitative estimate of drug-likeness (QED) is 0.525. The van der Waals surface area contributed by atoms with Crippen LogP contribution < -0.4 is 21.1 Å². The minimum Gasteiger partial charge on any atom is -0.490 e. The zero-order valence-corrected chi connectivity index (χ0v) is 16.1. The van der Waals surface area contributed by atoms with E-state index in [9.17, 15) is 4.79 Å². The number of benzene rings is 1. The average Bonchev–Trinajstić information content (AvgIpc) is 3.04. The maximum absolute atomic E-state index is 12.6. The molecule has 1 aromatic carbocycles. The van der Waals surface area contributed by atoms with E-state index in [0.717, 1.165) is 17.0 Å². The normalized spacial score (nSPS) is 13.0. The van der Waals surface area contributed by atoms with Crippen molar-refractivity contribution in [3.63, 3.8) is 0 Å². The molecule has 7 nitrogen and oxygen atoms in total. The van der Waals surface area contributed by atoms with E-state index in [1.165, 1.54) is 0 Å². The number of carbonyl (C=O) groups excluding carboxylic acids is 1. The second kappa shape index (κ2) is 7.44. The highest BCUT2D eigenvalue weighted by Crippen LogP contribution is 2.41. The number of carbonyl (C=O) groups is 1. The lowest BCUT2D eigenvalue weighted by molar-refractivity contribution is 0.0947. The van der Waals surface area contributed by atoms with Crippen LogP contribution in [0.4, 0.5) is 17.2 Å². The number of nitrogens with one attached hydrogen (secondary N) is 3. The van der Waals surface area contributed by atoms with Gasteiger partial charge in [-0.1, -0.05) is 17.7 Å². The monoisotopic (exact) mass is 397 g/mol. The minimum absolute atomic E-state index is 0.131. The van der Waals surface area contributed by atoms with Gasteiger partial charge in [0.15, 0.2) is 5.75 Å². The number of H-pyrrole nitrogens is 1. The molecule has 0 radical (unpaired) electrons. The van der Waals surface area contributed by atoms with Crippen LogP contribution in [0.15, 0.2) is 36.5 Å². The molecular weight excluding hydrogens is 378 g/mol. The van der Waals surface area contributed by atoms with Crippen LogP contribution in [-0.2, 0) is 6.42 Å². The summed E-state index contributed by atoms with van der Waals surface area (Å²) in [6.07, 6.45) is 2.35. The van der Waals surface area contributed by atoms with Gasteiger partial charge in [-0.2, -0.15) is 0 Å². The van der Waals surface area contributed by atoms with Crippen LogP contribution in [0, 0.1) is 0 Å². The third-order valence-corrected chi connectivity index (χ3v) is 4.85. The maximum Gasteiger partial charge on any atom is 0.255 e. The predicted molar refractivity (Wildman–Crippen MR) is 110 cm³/mol. The Labute approximate surface area is 167 Å². The van der Waals surface area contributed by atoms with Crippen LogP contribution in [0.25, 0.3) is 11.3 Å². The largest absolute Gasteiger partial charge is 0.490 e. The van der Waals surface area contributed by atoms with Crippen molar-refractivity contribution < 1.29 is 9.53 Å². The van der Waals surface area contributed by atoms with Crippen molar-refractivity contribution in [3.8, 4) is 17.0 Å². The number of anilines is 3. The van der Waals surface area contributed by atoms with Crippen LogP contribution in [0.2, 0.25) is 5.02 Å². The second-order valence-electron chi connectivity index (χ2n) is 6.38. The van der Waals surface area contributed by atoms with Gasteiger partial charge in [0.2, 0.25) is 0 Å². The third-order valence-electron chi connectivity index (χ3n) is 4.55. The number of hydrogen-bond donors (Lipinski definition) is 4. The molecule has 0 atom stereocenters. The summed E-state index contributed by atoms with van der Waals surface area (Å²) in [6.45, 7) is 2.95. The molecular formula is C20H20ClN5O2. The average molecular weight is 398 g/mol. The van der Waals surface area contributed by atoms with Gasteiger partial charge in [-0.3, -0.25) is 4.79 Å². The summed E-state index contributed by atoms with van der Waals surface area (Å²) in [6, 6.07) is 9.07. The molecule has 0 saturated carbocycles. The Morgan fingerprint density at radius 1 is 1.36 bits per heavy atom. The highest BCUT2D eigenvalue weighted by atomic mass is 35.5. The van der Waals surface area contributed by atoms with Gasteiger partial charge in [-0.25, -0.2) is 4.98 Å². The number of aromatic nitrogens is 2. The third kappa shape index (κ3) is 3.25. The van der Waals surface area contributed by atoms with E-state index in [1.807, 2.05) is 25.1 Å². The van der Waals surface area contributed by atoms with Crippen LogP contribution in [-0.4, -0.2) is 29.0 Å². The van der Waals surface area contributed by atoms with E-state index >= 15 is 0 Å². The molecule has 3 aromatic rings. The van der Waals surface area contributed by atoms with Crippen molar-refractivity contribution in [1.82, 2.24) is 15.3 Å². The molecule has 0 fully saturated rings. The lowest BCUT2D eigenvalue weighted by Crippen LogP contribution is -2.31. The molecule has 3 heterocycles. The molecule has 144 valence electrons. The van der Waals surface area contributed by atoms with Gasteiger partial charge in [0.05, 0.1) is 34.3 Å². The van der Waals surface area contributed by atoms with Crippen molar-refractivity contribution in [2.24, 2.45) is 0 Å². The van der Waals surface area contributed by atoms with E-state index in [-0.39, 0.29) is 5.91 Å². The molecule has 2 aromatic heterocycles. The Morgan fingerprint density at radius 2 is 2.21 bits per heavy atom. The fourth-order valence-electron chi connectivity index (χ4n) is 3.36. The van der Waals surface area contributed by atoms with E-state index in [2.05, 4.69) is 20.6 Å². The molecule has 0 aliphatic carbocycles. The second-order valence-corrected chi connectivity index (χ2v) is 6.79. The Morgan fingerprint density at radius 3 is 3.00 bits per heavy atom. The van der Waals surface area contributed by atoms with Crippen molar-refractivity contribution in [2.75, 3.05) is 24.2 Å². The minimum atomic E-state index is -0.131. The Balaban J connectivity index is 1.88. The van der Waals surface area contributed by atoms with Crippen LogP contribution in [0.3, 0.4) is 0 Å². The van der Waals surface area contributed by atoms with E-state index in [1.54, 1.807) is 18.3 Å². The molecule has 1 aliphatic heterocycles. The number of nitrogen functional groups attached to an aromatic ring is 1. The first-order valence-electron chi connectivity index (χ1n) is 9.01. The number of fused-ring (bicyclic) bond motifs is 1. The fraction of sp³-hybridized carbons (Fsp3) is 0.200. The number of aromatic amines is 1. The number of ether oxygens (including phenoxy) is 1. The SMILES string of the molecule is CCOc1c(Cl)cccc1Nc1c(-c2ccnc(N)c2)[nH]c2c1C(=O)NCC2. The number of amides is 1. The van der Waals surface area contributed by atoms with Gasteiger partial charge >= 0.3 is 0 Å². The molecule has 28 heavy (non-hydrogen) atoms. The summed E-state index contributed by atoms with van der Waals surface area (Å²) in [5, 5.41) is 6.75. The molecule has 4 rings (SSSR count). The summed E-state index contributed by atoms with van der Waals surface area (Å²) >= 11 is 6.32. The lowest BCUT2D eigenvalue weighted by Gasteiger charge is -2.17. The molecule has 0 saturated heterocycles. The standard InChI is InChI=1S/C20H20ClN5O2/c1-2-28-19-12(21)4-3-5-14(19)26-18-16-13(7-9-24-20(16)27)25-17(18)11-6-8-23-15(22)10-11/h3-6,8,10,25-26H,2,7,9H2,1H3,(H2,22,23)(H,24,27). The topological polar surface area (TPSA) is 105 Å². The summed E-state index contributed by atoms with van der Waals surface area (Å²) in [7, 11) is 0. The first-order valence-corrected chi connectivity index (χ1v) is 9.39. The molecule has 0 unspecified atom stereocenters. The Kier molecular flexibility index (Phi) is 4.83. The molecule has 0 bridgehead atoms. The highest BCUT2D eigenvalue weighted by Gasteiger charge is 2.27. The van der Waals surface area contributed by atoms with Crippen molar-refractivity contribution in [2.45, 2.75) is 13.3 Å². The van der Waals surface area contributed by atoms with E-state index in [4.69, 9.17) is 22.1 Å². The van der Waals surface area contributed by atoms with Gasteiger partial charge in [0.25, 0.3) is 5.91 Å². The van der Waals surface area contributed by atoms with Gasteiger partial charge in [0, 0.05) is 30.4 Å². The lowest BCUT2D eigenvalue weighted by atomic mass is 10.1. The highest BCUT2D eigenvalue weighted by molar-refractivity contribution is 6.32. The number of halogens is 1. The summed E-state index contributed by atoms with van der Waals surface area (Å²) in [5.74, 6) is 0.810. The molecule has 0 spiro atoms. The van der Waals surface area contributed by atoms with Crippen LogP contribution in [0.5, 0.6) is 5.75 Å². The van der Waals surface area contributed by atoms with Gasteiger partial charge in [0.1, 0.15) is 5.82 Å². The molecule has 5 N–H and O–H groups in total. The zero-order valence-electron chi connectivity index (χ0n) is 15.3. The summed E-state index contributed by atoms with van der Waals surface area (Å²) in [4.78, 5) is 20.1. The number of hydrogen-bond acceptors (Lipinski definition) is 5. The van der Waals surface area contributed by atoms with Gasteiger partial charge < -0.3 is 26.1 Å².